The minimum atomic E-state index is 0.341. The van der Waals surface area contributed by atoms with Gasteiger partial charge in [0.2, 0.25) is 11.7 Å². The molecule has 6 nitrogen and oxygen atoms in total. The summed E-state index contributed by atoms with van der Waals surface area (Å²) >= 11 is 7.92. The van der Waals surface area contributed by atoms with E-state index in [4.69, 9.17) is 16.1 Å². The first-order chi connectivity index (χ1) is 12.2. The van der Waals surface area contributed by atoms with E-state index in [0.29, 0.717) is 28.5 Å². The molecular weight excluding hydrogens is 358 g/mol. The summed E-state index contributed by atoms with van der Waals surface area (Å²) in [6.45, 7) is 4.13. The van der Waals surface area contributed by atoms with E-state index >= 15 is 0 Å². The number of nitrogens with zero attached hydrogens (tertiary/aromatic N) is 3. The van der Waals surface area contributed by atoms with E-state index in [1.54, 1.807) is 12.1 Å². The average molecular weight is 380 g/mol. The van der Waals surface area contributed by atoms with Gasteiger partial charge in [0.15, 0.2) is 5.96 Å². The molecule has 1 unspecified atom stereocenters. The Bertz CT molecular complexity index is 697. The van der Waals surface area contributed by atoms with E-state index in [1.807, 2.05) is 30.8 Å². The van der Waals surface area contributed by atoms with Gasteiger partial charge in [0.25, 0.3) is 0 Å². The molecule has 1 aliphatic heterocycles. The molecule has 1 saturated heterocycles. The summed E-state index contributed by atoms with van der Waals surface area (Å²) in [6, 6.07) is 7.34. The molecule has 1 aromatic heterocycles. The number of aromatic nitrogens is 2. The standard InChI is InChI=1S/C17H22ClN5OS/c1-2-19-17(20-10-14-4-3-9-25-14)21-11-15-22-16(23-24-15)12-5-7-13(18)8-6-12/h5-8,14H,2-4,9-11H2,1H3,(H2,19,20,21). The van der Waals surface area contributed by atoms with Crippen LogP contribution in [0.4, 0.5) is 0 Å². The lowest BCUT2D eigenvalue weighted by Crippen LogP contribution is -2.40. The van der Waals surface area contributed by atoms with Crippen LogP contribution in [0.25, 0.3) is 11.4 Å². The highest BCUT2D eigenvalue weighted by atomic mass is 35.5. The van der Waals surface area contributed by atoms with E-state index in [0.717, 1.165) is 24.6 Å². The molecule has 0 spiro atoms. The monoisotopic (exact) mass is 379 g/mol. The third kappa shape index (κ3) is 5.37. The topological polar surface area (TPSA) is 75.3 Å². The number of halogens is 1. The van der Waals surface area contributed by atoms with E-state index in [1.165, 1.54) is 18.6 Å². The minimum Gasteiger partial charge on any atom is -0.357 e. The minimum absolute atomic E-state index is 0.341. The molecule has 3 rings (SSSR count). The third-order valence-electron chi connectivity index (χ3n) is 3.81. The van der Waals surface area contributed by atoms with Gasteiger partial charge in [-0.2, -0.15) is 16.7 Å². The van der Waals surface area contributed by atoms with Crippen molar-refractivity contribution in [3.05, 3.63) is 35.2 Å². The number of aliphatic imine (C=N–C) groups is 1. The van der Waals surface area contributed by atoms with E-state index in [-0.39, 0.29) is 0 Å². The Morgan fingerprint density at radius 2 is 2.20 bits per heavy atom. The zero-order valence-corrected chi connectivity index (χ0v) is 15.7. The molecule has 2 aromatic rings. The van der Waals surface area contributed by atoms with Crippen LogP contribution >= 0.6 is 23.4 Å². The first-order valence-corrected chi connectivity index (χ1v) is 9.89. The zero-order valence-electron chi connectivity index (χ0n) is 14.2. The van der Waals surface area contributed by atoms with Crippen molar-refractivity contribution in [2.45, 2.75) is 31.6 Å². The Balaban J connectivity index is 1.59. The molecule has 2 heterocycles. The van der Waals surface area contributed by atoms with Gasteiger partial charge in [-0.3, -0.25) is 0 Å². The molecule has 2 N–H and O–H groups in total. The van der Waals surface area contributed by atoms with Gasteiger partial charge in [0.1, 0.15) is 6.54 Å². The number of hydrogen-bond acceptors (Lipinski definition) is 5. The van der Waals surface area contributed by atoms with Crippen molar-refractivity contribution in [1.82, 2.24) is 20.8 Å². The van der Waals surface area contributed by atoms with Crippen molar-refractivity contribution < 1.29 is 4.52 Å². The van der Waals surface area contributed by atoms with Crippen molar-refractivity contribution in [1.29, 1.82) is 0 Å². The van der Waals surface area contributed by atoms with Crippen LogP contribution in [0.2, 0.25) is 5.02 Å². The summed E-state index contributed by atoms with van der Waals surface area (Å²) in [6.07, 6.45) is 2.57. The van der Waals surface area contributed by atoms with Gasteiger partial charge in [-0.05, 0) is 49.8 Å². The average Bonchev–Trinajstić information content (AvgIpc) is 3.30. The Hall–Kier alpha value is -1.73. The highest BCUT2D eigenvalue weighted by Crippen LogP contribution is 2.25. The van der Waals surface area contributed by atoms with Crippen molar-refractivity contribution >= 4 is 29.3 Å². The molecule has 1 atom stereocenters. The Kier molecular flexibility index (Phi) is 6.58. The highest BCUT2D eigenvalue weighted by Gasteiger charge is 2.15. The molecule has 1 aromatic carbocycles. The predicted octanol–water partition coefficient (Wildman–Crippen LogP) is 3.34. The van der Waals surface area contributed by atoms with Crippen LogP contribution < -0.4 is 10.6 Å². The van der Waals surface area contributed by atoms with Gasteiger partial charge >= 0.3 is 0 Å². The lowest BCUT2D eigenvalue weighted by Gasteiger charge is -2.14. The predicted molar refractivity (Wildman–Crippen MR) is 103 cm³/mol. The second-order valence-corrected chi connectivity index (χ2v) is 7.57. The van der Waals surface area contributed by atoms with E-state index in [2.05, 4.69) is 25.8 Å². The molecule has 8 heteroatoms. The second-order valence-electron chi connectivity index (χ2n) is 5.73. The fourth-order valence-electron chi connectivity index (χ4n) is 2.54. The number of benzene rings is 1. The van der Waals surface area contributed by atoms with Crippen LogP contribution in [0.1, 0.15) is 25.7 Å². The Morgan fingerprint density at radius 1 is 1.36 bits per heavy atom. The largest absolute Gasteiger partial charge is 0.357 e. The molecule has 25 heavy (non-hydrogen) atoms. The summed E-state index contributed by atoms with van der Waals surface area (Å²) in [5, 5.41) is 12.0. The van der Waals surface area contributed by atoms with Crippen molar-refractivity contribution in [3.8, 4) is 11.4 Å². The second kappa shape index (κ2) is 9.10. The van der Waals surface area contributed by atoms with Gasteiger partial charge in [-0.15, -0.1) is 0 Å². The molecule has 0 bridgehead atoms. The van der Waals surface area contributed by atoms with Crippen LogP contribution in [0.5, 0.6) is 0 Å². The zero-order chi connectivity index (χ0) is 17.5. The molecular formula is C17H22ClN5OS. The maximum Gasteiger partial charge on any atom is 0.248 e. The van der Waals surface area contributed by atoms with Crippen LogP contribution in [-0.4, -0.2) is 40.2 Å². The van der Waals surface area contributed by atoms with E-state index in [9.17, 15) is 0 Å². The maximum absolute atomic E-state index is 5.90. The number of thioether (sulfide) groups is 1. The fraction of sp³-hybridized carbons (Fsp3) is 0.471. The summed E-state index contributed by atoms with van der Waals surface area (Å²) in [7, 11) is 0. The lowest BCUT2D eigenvalue weighted by atomic mass is 10.2. The highest BCUT2D eigenvalue weighted by molar-refractivity contribution is 8.00. The van der Waals surface area contributed by atoms with Crippen molar-refractivity contribution in [2.75, 3.05) is 18.8 Å². The molecule has 0 saturated carbocycles. The number of nitrogens with one attached hydrogen (secondary N) is 2. The molecule has 1 fully saturated rings. The summed E-state index contributed by atoms with van der Waals surface area (Å²) in [5.41, 5.74) is 0.867. The number of guanidine groups is 1. The number of hydrogen-bond donors (Lipinski definition) is 2. The first-order valence-electron chi connectivity index (χ1n) is 8.47. The van der Waals surface area contributed by atoms with Gasteiger partial charge in [-0.1, -0.05) is 16.8 Å². The lowest BCUT2D eigenvalue weighted by molar-refractivity contribution is 0.380. The van der Waals surface area contributed by atoms with Crippen molar-refractivity contribution in [3.63, 3.8) is 0 Å². The molecule has 134 valence electrons. The van der Waals surface area contributed by atoms with Crippen LogP contribution in [0.3, 0.4) is 0 Å². The fourth-order valence-corrected chi connectivity index (χ4v) is 3.87. The van der Waals surface area contributed by atoms with Gasteiger partial charge in [0, 0.05) is 28.9 Å². The van der Waals surface area contributed by atoms with Crippen LogP contribution in [0, 0.1) is 0 Å². The summed E-state index contributed by atoms with van der Waals surface area (Å²) < 4.78 is 5.29. The quantitative estimate of drug-likeness (QED) is 0.592. The smallest absolute Gasteiger partial charge is 0.248 e. The Morgan fingerprint density at radius 3 is 2.92 bits per heavy atom. The van der Waals surface area contributed by atoms with Crippen LogP contribution in [-0.2, 0) is 6.54 Å². The van der Waals surface area contributed by atoms with E-state index < -0.39 is 0 Å². The maximum atomic E-state index is 5.90. The van der Waals surface area contributed by atoms with Crippen LogP contribution in [0.15, 0.2) is 33.8 Å². The molecule has 0 radical (unpaired) electrons. The van der Waals surface area contributed by atoms with Gasteiger partial charge in [-0.25, -0.2) is 4.99 Å². The molecule has 0 aliphatic carbocycles. The van der Waals surface area contributed by atoms with Crippen molar-refractivity contribution in [2.24, 2.45) is 4.99 Å². The molecule has 0 amide bonds. The Labute approximate surface area is 156 Å². The van der Waals surface area contributed by atoms with Gasteiger partial charge in [0.05, 0.1) is 0 Å². The third-order valence-corrected chi connectivity index (χ3v) is 5.46. The summed E-state index contributed by atoms with van der Waals surface area (Å²) in [5.74, 6) is 3.07. The number of rotatable bonds is 6. The molecule has 1 aliphatic rings. The van der Waals surface area contributed by atoms with Gasteiger partial charge < -0.3 is 15.2 Å². The normalized spacial score (nSPS) is 17.7. The SMILES string of the molecule is CCNC(=NCc1nc(-c2ccc(Cl)cc2)no1)NCC1CCCS1. The first kappa shape index (κ1) is 18.1. The summed E-state index contributed by atoms with van der Waals surface area (Å²) in [4.78, 5) is 8.93.